The molecule has 0 spiro atoms. The smallest absolute Gasteiger partial charge is 0.273 e. The number of carbonyl (C=O) groups is 1. The molecule has 25 heavy (non-hydrogen) atoms. The number of rotatable bonds is 4. The van der Waals surface area contributed by atoms with E-state index in [4.69, 9.17) is 12.2 Å². The molecular weight excluding hydrogens is 453 g/mol. The number of hydrogen-bond acceptors (Lipinski definition) is 4. The predicted molar refractivity (Wildman–Crippen MR) is 110 cm³/mol. The number of nitro benzene ring substituents is 1. The van der Waals surface area contributed by atoms with Crippen LogP contribution < -0.4 is 10.6 Å². The first-order valence-electron chi connectivity index (χ1n) is 7.47. The monoisotopic (exact) mass is 469 g/mol. The standard InChI is InChI=1S/C17H16IN3O3S/c1-3-11-8-13(18)6-7-14(11)19-17(25)20-16(22)12-5-4-10(2)15(9-12)21(23)24/h4-9H,3H2,1-2H3,(H2,19,20,22,25). The summed E-state index contributed by atoms with van der Waals surface area (Å²) in [5, 5.41) is 16.7. The molecule has 0 aliphatic rings. The van der Waals surface area contributed by atoms with Crippen LogP contribution in [0, 0.1) is 20.6 Å². The van der Waals surface area contributed by atoms with Crippen molar-refractivity contribution in [1.82, 2.24) is 5.32 Å². The lowest BCUT2D eigenvalue weighted by Crippen LogP contribution is -2.34. The molecule has 0 saturated carbocycles. The lowest BCUT2D eigenvalue weighted by atomic mass is 10.1. The highest BCUT2D eigenvalue weighted by atomic mass is 127. The molecule has 1 amide bonds. The number of benzene rings is 2. The van der Waals surface area contributed by atoms with Gasteiger partial charge >= 0.3 is 0 Å². The van der Waals surface area contributed by atoms with Crippen LogP contribution in [0.15, 0.2) is 36.4 Å². The zero-order valence-electron chi connectivity index (χ0n) is 13.6. The van der Waals surface area contributed by atoms with Crippen LogP contribution >= 0.6 is 34.8 Å². The third-order valence-electron chi connectivity index (χ3n) is 3.59. The molecule has 130 valence electrons. The topological polar surface area (TPSA) is 84.3 Å². The maximum atomic E-state index is 12.3. The minimum Gasteiger partial charge on any atom is -0.332 e. The molecule has 2 N–H and O–H groups in total. The number of nitrogens with one attached hydrogen (secondary N) is 2. The molecule has 0 bridgehead atoms. The first-order chi connectivity index (χ1) is 11.8. The Morgan fingerprint density at radius 3 is 2.64 bits per heavy atom. The fraction of sp³-hybridized carbons (Fsp3) is 0.176. The van der Waals surface area contributed by atoms with Crippen molar-refractivity contribution in [3.05, 3.63) is 66.8 Å². The average molecular weight is 469 g/mol. The number of hydrogen-bond donors (Lipinski definition) is 2. The Morgan fingerprint density at radius 2 is 2.00 bits per heavy atom. The normalized spacial score (nSPS) is 10.2. The van der Waals surface area contributed by atoms with Gasteiger partial charge in [-0.15, -0.1) is 0 Å². The van der Waals surface area contributed by atoms with E-state index in [1.54, 1.807) is 6.92 Å². The van der Waals surface area contributed by atoms with Crippen molar-refractivity contribution in [2.24, 2.45) is 0 Å². The minimum absolute atomic E-state index is 0.0996. The lowest BCUT2D eigenvalue weighted by Gasteiger charge is -2.13. The molecule has 8 heteroatoms. The molecule has 0 heterocycles. The van der Waals surface area contributed by atoms with E-state index in [0.717, 1.165) is 21.2 Å². The summed E-state index contributed by atoms with van der Waals surface area (Å²) in [5.74, 6) is -0.496. The van der Waals surface area contributed by atoms with E-state index in [0.29, 0.717) is 5.56 Å². The number of thiocarbonyl (C=S) groups is 1. The molecule has 0 aliphatic heterocycles. The van der Waals surface area contributed by atoms with Gasteiger partial charge in [-0.25, -0.2) is 0 Å². The van der Waals surface area contributed by atoms with E-state index in [9.17, 15) is 14.9 Å². The van der Waals surface area contributed by atoms with E-state index in [1.165, 1.54) is 18.2 Å². The van der Waals surface area contributed by atoms with Gasteiger partial charge in [0.25, 0.3) is 11.6 Å². The molecule has 0 unspecified atom stereocenters. The van der Waals surface area contributed by atoms with E-state index < -0.39 is 10.8 Å². The van der Waals surface area contributed by atoms with Crippen LogP contribution in [0.2, 0.25) is 0 Å². The summed E-state index contributed by atoms with van der Waals surface area (Å²) in [6.45, 7) is 3.65. The zero-order chi connectivity index (χ0) is 18.6. The predicted octanol–water partition coefficient (Wildman–Crippen LogP) is 4.20. The first kappa shape index (κ1) is 19.3. The van der Waals surface area contributed by atoms with Gasteiger partial charge < -0.3 is 5.32 Å². The van der Waals surface area contributed by atoms with E-state index in [1.807, 2.05) is 25.1 Å². The number of aryl methyl sites for hydroxylation is 2. The second-order valence-corrected chi connectivity index (χ2v) is 6.98. The maximum absolute atomic E-state index is 12.3. The van der Waals surface area contributed by atoms with Crippen LogP contribution in [0.3, 0.4) is 0 Å². The number of carbonyl (C=O) groups excluding carboxylic acids is 1. The quantitative estimate of drug-likeness (QED) is 0.304. The average Bonchev–Trinajstić information content (AvgIpc) is 2.56. The van der Waals surface area contributed by atoms with Gasteiger partial charge in [-0.3, -0.25) is 20.2 Å². The molecule has 0 aromatic heterocycles. The molecule has 2 rings (SSSR count). The molecule has 2 aromatic rings. The van der Waals surface area contributed by atoms with E-state index >= 15 is 0 Å². The molecule has 0 atom stereocenters. The Morgan fingerprint density at radius 1 is 1.28 bits per heavy atom. The molecular formula is C17H16IN3O3S. The third-order valence-corrected chi connectivity index (χ3v) is 4.47. The van der Waals surface area contributed by atoms with E-state index in [2.05, 4.69) is 33.2 Å². The largest absolute Gasteiger partial charge is 0.332 e. The van der Waals surface area contributed by atoms with Crippen LogP contribution in [0.25, 0.3) is 0 Å². The number of nitrogens with zero attached hydrogens (tertiary/aromatic N) is 1. The van der Waals surface area contributed by atoms with Crippen LogP contribution in [-0.4, -0.2) is 15.9 Å². The van der Waals surface area contributed by atoms with Crippen molar-refractivity contribution in [2.45, 2.75) is 20.3 Å². The van der Waals surface area contributed by atoms with Crippen molar-refractivity contribution in [1.29, 1.82) is 0 Å². The second kappa shape index (κ2) is 8.34. The SMILES string of the molecule is CCc1cc(I)ccc1NC(=S)NC(=O)c1ccc(C)c([N+](=O)[O-])c1. The molecule has 0 aliphatic carbocycles. The van der Waals surface area contributed by atoms with Crippen molar-refractivity contribution in [2.75, 3.05) is 5.32 Å². The fourth-order valence-electron chi connectivity index (χ4n) is 2.25. The molecule has 0 radical (unpaired) electrons. The van der Waals surface area contributed by atoms with Crippen LogP contribution in [0.5, 0.6) is 0 Å². The highest BCUT2D eigenvalue weighted by molar-refractivity contribution is 14.1. The maximum Gasteiger partial charge on any atom is 0.273 e. The van der Waals surface area contributed by atoms with Gasteiger partial charge in [0, 0.05) is 26.5 Å². The summed E-state index contributed by atoms with van der Waals surface area (Å²) in [4.78, 5) is 22.8. The highest BCUT2D eigenvalue weighted by Gasteiger charge is 2.16. The summed E-state index contributed by atoms with van der Waals surface area (Å²) in [7, 11) is 0. The highest BCUT2D eigenvalue weighted by Crippen LogP contribution is 2.20. The van der Waals surface area contributed by atoms with Gasteiger partial charge in [0.05, 0.1) is 4.92 Å². The lowest BCUT2D eigenvalue weighted by molar-refractivity contribution is -0.385. The first-order valence-corrected chi connectivity index (χ1v) is 8.96. The van der Waals surface area contributed by atoms with Gasteiger partial charge in [0.1, 0.15) is 0 Å². The number of halogens is 1. The summed E-state index contributed by atoms with van der Waals surface area (Å²) in [6, 6.07) is 10.2. The zero-order valence-corrected chi connectivity index (χ0v) is 16.6. The Kier molecular flexibility index (Phi) is 6.43. The van der Waals surface area contributed by atoms with Gasteiger partial charge in [-0.1, -0.05) is 13.0 Å². The Labute approximate surface area is 164 Å². The molecule has 0 fully saturated rings. The van der Waals surface area contributed by atoms with Crippen molar-refractivity contribution in [3.63, 3.8) is 0 Å². The summed E-state index contributed by atoms with van der Waals surface area (Å²) >= 11 is 7.42. The Bertz CT molecular complexity index is 855. The molecule has 6 nitrogen and oxygen atoms in total. The Hall–Kier alpha value is -2.07. The van der Waals surface area contributed by atoms with E-state index in [-0.39, 0.29) is 16.4 Å². The van der Waals surface area contributed by atoms with Crippen LogP contribution in [0.4, 0.5) is 11.4 Å². The minimum atomic E-state index is -0.512. The van der Waals surface area contributed by atoms with Gasteiger partial charge in [-0.2, -0.15) is 0 Å². The Balaban J connectivity index is 2.12. The van der Waals surface area contributed by atoms with Crippen molar-refractivity contribution >= 4 is 57.2 Å². The van der Waals surface area contributed by atoms with Crippen LogP contribution in [-0.2, 0) is 6.42 Å². The van der Waals surface area contributed by atoms with Gasteiger partial charge in [-0.05, 0) is 78.0 Å². The summed E-state index contributed by atoms with van der Waals surface area (Å²) in [5.41, 5.74) is 2.48. The number of amides is 1. The van der Waals surface area contributed by atoms with Gasteiger partial charge in [0.2, 0.25) is 0 Å². The summed E-state index contributed by atoms with van der Waals surface area (Å²) < 4.78 is 1.11. The second-order valence-electron chi connectivity index (χ2n) is 5.32. The van der Waals surface area contributed by atoms with Gasteiger partial charge in [0.15, 0.2) is 5.11 Å². The number of anilines is 1. The van der Waals surface area contributed by atoms with Crippen molar-refractivity contribution < 1.29 is 9.72 Å². The molecule has 0 saturated heterocycles. The fourth-order valence-corrected chi connectivity index (χ4v) is 3.01. The number of nitro groups is 1. The van der Waals surface area contributed by atoms with Crippen molar-refractivity contribution in [3.8, 4) is 0 Å². The molecule has 2 aromatic carbocycles. The third kappa shape index (κ3) is 4.95. The van der Waals surface area contributed by atoms with Crippen LogP contribution in [0.1, 0.15) is 28.4 Å². The summed E-state index contributed by atoms with van der Waals surface area (Å²) in [6.07, 6.45) is 0.819.